The average Bonchev–Trinajstić information content (AvgIpc) is 3.66. The maximum Gasteiger partial charge on any atom is 0.389 e. The van der Waals surface area contributed by atoms with E-state index in [-0.39, 0.29) is 11.6 Å². The Morgan fingerprint density at radius 2 is 2.03 bits per heavy atom. The van der Waals surface area contributed by atoms with Crippen LogP contribution in [0.15, 0.2) is 41.3 Å². The second-order valence-electron chi connectivity index (χ2n) is 9.69. The third kappa shape index (κ3) is 6.76. The second kappa shape index (κ2) is 11.6. The van der Waals surface area contributed by atoms with E-state index in [0.29, 0.717) is 47.5 Å². The minimum Gasteiger partial charge on any atom is -0.474 e. The third-order valence-electron chi connectivity index (χ3n) is 6.79. The molecule has 14 heteroatoms. The molecule has 39 heavy (non-hydrogen) atoms. The van der Waals surface area contributed by atoms with E-state index in [0.717, 1.165) is 46.9 Å². The summed E-state index contributed by atoms with van der Waals surface area (Å²) in [6.45, 7) is 1.80. The number of hydrogen-bond donors (Lipinski definition) is 5. The van der Waals surface area contributed by atoms with Crippen molar-refractivity contribution >= 4 is 50.5 Å². The number of rotatable bonds is 9. The van der Waals surface area contributed by atoms with Crippen molar-refractivity contribution in [2.45, 2.75) is 50.8 Å². The maximum atomic E-state index is 13.2. The molecule has 2 aliphatic rings. The van der Waals surface area contributed by atoms with Gasteiger partial charge in [-0.15, -0.1) is 11.3 Å². The molecular weight excluding hydrogens is 592 g/mol. The van der Waals surface area contributed by atoms with Gasteiger partial charge in [-0.25, -0.2) is 4.98 Å². The second-order valence-corrected chi connectivity index (χ2v) is 11.8. The number of amides is 2. The molecule has 3 aromatic heterocycles. The van der Waals surface area contributed by atoms with E-state index < -0.39 is 18.0 Å². The number of halogens is 1. The molecule has 3 aromatic rings. The van der Waals surface area contributed by atoms with Crippen LogP contribution in [0.25, 0.3) is 0 Å². The van der Waals surface area contributed by atoms with Gasteiger partial charge in [0.15, 0.2) is 0 Å². The van der Waals surface area contributed by atoms with Gasteiger partial charge >= 0.3 is 6.10 Å². The van der Waals surface area contributed by atoms with Gasteiger partial charge in [-0.3, -0.25) is 9.59 Å². The summed E-state index contributed by atoms with van der Waals surface area (Å²) < 4.78 is 7.00. The van der Waals surface area contributed by atoms with E-state index in [1.54, 1.807) is 12.3 Å². The molecular formula is C25H29BrN6O6S. The smallest absolute Gasteiger partial charge is 0.389 e. The van der Waals surface area contributed by atoms with Crippen LogP contribution in [-0.4, -0.2) is 61.1 Å². The summed E-state index contributed by atoms with van der Waals surface area (Å²) >= 11 is 4.82. The Balaban J connectivity index is 1.26. The van der Waals surface area contributed by atoms with Crippen molar-refractivity contribution in [3.8, 4) is 5.88 Å². The number of aliphatic hydroxyl groups is 3. The number of anilines is 2. The number of fused-ring (bicyclic) bond motifs is 1. The van der Waals surface area contributed by atoms with E-state index in [1.165, 1.54) is 17.5 Å². The van der Waals surface area contributed by atoms with Crippen molar-refractivity contribution in [3.63, 3.8) is 0 Å². The van der Waals surface area contributed by atoms with Crippen molar-refractivity contribution in [1.29, 1.82) is 0 Å². The third-order valence-corrected chi connectivity index (χ3v) is 8.30. The molecule has 1 fully saturated rings. The molecule has 0 aromatic carbocycles. The summed E-state index contributed by atoms with van der Waals surface area (Å²) in [5, 5.41) is 37.0. The van der Waals surface area contributed by atoms with Gasteiger partial charge in [0, 0.05) is 15.5 Å². The first-order chi connectivity index (χ1) is 18.7. The van der Waals surface area contributed by atoms with Crippen molar-refractivity contribution in [1.82, 2.24) is 20.1 Å². The number of carbonyl (C=O) groups excluding carboxylic acids is 2. The first-order valence-electron chi connectivity index (χ1n) is 12.6. The monoisotopic (exact) mass is 620 g/mol. The molecule has 12 nitrogen and oxygen atoms in total. The lowest BCUT2D eigenvalue weighted by atomic mass is 9.97. The van der Waals surface area contributed by atoms with Crippen LogP contribution < -0.4 is 20.3 Å². The van der Waals surface area contributed by atoms with Gasteiger partial charge in [0.1, 0.15) is 18.3 Å². The van der Waals surface area contributed by atoms with E-state index in [1.807, 2.05) is 12.1 Å². The van der Waals surface area contributed by atoms with E-state index in [2.05, 4.69) is 41.5 Å². The summed E-state index contributed by atoms with van der Waals surface area (Å²) in [7, 11) is 0. The highest BCUT2D eigenvalue weighted by Gasteiger charge is 2.29. The predicted molar refractivity (Wildman–Crippen MR) is 146 cm³/mol. The number of pyridine rings is 1. The van der Waals surface area contributed by atoms with Crippen LogP contribution in [0.2, 0.25) is 0 Å². The molecule has 1 atom stereocenters. The molecule has 1 aliphatic heterocycles. The Morgan fingerprint density at radius 1 is 1.23 bits per heavy atom. The Hall–Kier alpha value is -3.04. The SMILES string of the molecule is O=C(NC(CC1CCCC1)C(=O)Nc1cnn(C(O)(O)O)c1)c1ccc(CN2CCOc3ncc(Br)cc32)s1. The number of thiophene rings is 1. The molecule has 5 rings (SSSR count). The van der Waals surface area contributed by atoms with Gasteiger partial charge < -0.3 is 35.6 Å². The molecule has 0 spiro atoms. The molecule has 0 radical (unpaired) electrons. The normalized spacial score (nSPS) is 16.5. The Kier molecular flexibility index (Phi) is 8.19. The Labute approximate surface area is 236 Å². The van der Waals surface area contributed by atoms with Crippen LogP contribution in [0, 0.1) is 5.92 Å². The number of hydrogen-bond acceptors (Lipinski definition) is 10. The molecule has 1 aliphatic carbocycles. The lowest BCUT2D eigenvalue weighted by molar-refractivity contribution is -0.380. The van der Waals surface area contributed by atoms with Crippen molar-refractivity contribution < 1.29 is 29.6 Å². The lowest BCUT2D eigenvalue weighted by Crippen LogP contribution is -2.44. The van der Waals surface area contributed by atoms with Crippen LogP contribution in [0.3, 0.4) is 0 Å². The first kappa shape index (κ1) is 27.5. The number of ether oxygens (including phenoxy) is 1. The van der Waals surface area contributed by atoms with Gasteiger partial charge in [-0.05, 0) is 46.5 Å². The highest BCUT2D eigenvalue weighted by atomic mass is 79.9. The fraction of sp³-hybridized carbons (Fsp3) is 0.440. The van der Waals surface area contributed by atoms with Crippen molar-refractivity contribution in [3.05, 3.63) is 51.0 Å². The maximum absolute atomic E-state index is 13.2. The van der Waals surface area contributed by atoms with Crippen LogP contribution in [0.4, 0.5) is 11.4 Å². The largest absolute Gasteiger partial charge is 0.474 e. The summed E-state index contributed by atoms with van der Waals surface area (Å²) in [6.07, 6.45) is 5.42. The van der Waals surface area contributed by atoms with E-state index in [9.17, 15) is 24.9 Å². The van der Waals surface area contributed by atoms with Gasteiger partial charge in [0.25, 0.3) is 5.91 Å². The van der Waals surface area contributed by atoms with E-state index >= 15 is 0 Å². The van der Waals surface area contributed by atoms with Crippen LogP contribution in [0.5, 0.6) is 5.88 Å². The average molecular weight is 622 g/mol. The summed E-state index contributed by atoms with van der Waals surface area (Å²) in [5.74, 6) is 0.103. The fourth-order valence-electron chi connectivity index (χ4n) is 4.89. The molecule has 208 valence electrons. The zero-order valence-corrected chi connectivity index (χ0v) is 23.3. The number of nitrogens with zero attached hydrogens (tertiary/aromatic N) is 4. The standard InChI is InChI=1S/C25H29BrN6O6S/c26-16-10-20-24(27-11-16)38-8-7-31(20)14-18-5-6-21(39-18)23(34)30-19(9-15-3-1-2-4-15)22(33)29-17-12-28-32(13-17)25(35,36)37/h5-6,10-13,15,19,35-37H,1-4,7-9,14H2,(H,29,33)(H,30,34). The predicted octanol–water partition coefficient (Wildman–Crippen LogP) is 2.36. The van der Waals surface area contributed by atoms with Crippen LogP contribution in [0.1, 0.15) is 46.7 Å². The Bertz CT molecular complexity index is 1330. The van der Waals surface area contributed by atoms with Gasteiger partial charge in [-0.2, -0.15) is 9.78 Å². The number of aromatic nitrogens is 3. The highest BCUT2D eigenvalue weighted by Crippen LogP contribution is 2.34. The summed E-state index contributed by atoms with van der Waals surface area (Å²) in [4.78, 5) is 34.3. The van der Waals surface area contributed by atoms with Crippen LogP contribution in [-0.2, 0) is 17.4 Å². The first-order valence-corrected chi connectivity index (χ1v) is 14.2. The van der Waals surface area contributed by atoms with Crippen molar-refractivity contribution in [2.24, 2.45) is 5.92 Å². The molecule has 0 saturated heterocycles. The molecule has 5 N–H and O–H groups in total. The molecule has 1 saturated carbocycles. The number of carbonyl (C=O) groups is 2. The van der Waals surface area contributed by atoms with Gasteiger partial charge in [0.05, 0.1) is 36.0 Å². The zero-order chi connectivity index (χ0) is 27.6. The van der Waals surface area contributed by atoms with Gasteiger partial charge in [0.2, 0.25) is 11.8 Å². The minimum absolute atomic E-state index is 0.150. The highest BCUT2D eigenvalue weighted by molar-refractivity contribution is 9.10. The minimum atomic E-state index is -3.19. The zero-order valence-electron chi connectivity index (χ0n) is 20.9. The molecule has 0 bridgehead atoms. The fourth-order valence-corrected chi connectivity index (χ4v) is 6.13. The van der Waals surface area contributed by atoms with Crippen molar-refractivity contribution in [2.75, 3.05) is 23.4 Å². The summed E-state index contributed by atoms with van der Waals surface area (Å²) in [6, 6.07) is 4.82. The van der Waals surface area contributed by atoms with Crippen LogP contribution >= 0.6 is 27.3 Å². The molecule has 1 unspecified atom stereocenters. The quantitative estimate of drug-likeness (QED) is 0.226. The summed E-state index contributed by atoms with van der Waals surface area (Å²) in [5.41, 5.74) is 1.03. The van der Waals surface area contributed by atoms with E-state index in [4.69, 9.17) is 4.74 Å². The molecule has 4 heterocycles. The molecule has 2 amide bonds. The Morgan fingerprint density at radius 3 is 2.77 bits per heavy atom. The topological polar surface area (TPSA) is 162 Å². The number of nitrogens with one attached hydrogen (secondary N) is 2. The van der Waals surface area contributed by atoms with Gasteiger partial charge in [-0.1, -0.05) is 25.7 Å². The lowest BCUT2D eigenvalue weighted by Gasteiger charge is -2.30.